The number of hydrogen-bond donors (Lipinski definition) is 0. The summed E-state index contributed by atoms with van der Waals surface area (Å²) in [6.07, 6.45) is 1.92. The summed E-state index contributed by atoms with van der Waals surface area (Å²) in [7, 11) is 0. The van der Waals surface area contributed by atoms with E-state index in [0.717, 1.165) is 12.8 Å². The van der Waals surface area contributed by atoms with Gasteiger partial charge in [-0.15, -0.1) is 0 Å². The van der Waals surface area contributed by atoms with Gasteiger partial charge < -0.3 is 0 Å². The van der Waals surface area contributed by atoms with Crippen molar-refractivity contribution in [3.8, 4) is 6.07 Å². The maximum atomic E-state index is 11.1. The molecule has 0 saturated heterocycles. The molecule has 22 heavy (non-hydrogen) atoms. The number of carbonyl (C=O) groups excluding carboxylic acids is 1. The molecule has 0 aliphatic carbocycles. The molecule has 0 heterocycles. The summed E-state index contributed by atoms with van der Waals surface area (Å²) in [4.78, 5) is 11.1. The Labute approximate surface area is 138 Å². The Bertz CT molecular complexity index is 392. The first-order chi connectivity index (χ1) is 10.6. The summed E-state index contributed by atoms with van der Waals surface area (Å²) in [5, 5.41) is 9.11. The fourth-order valence-electron chi connectivity index (χ4n) is 1.80. The number of rotatable bonds is 5. The fraction of sp³-hybridized carbons (Fsp3) is 0.600. The van der Waals surface area contributed by atoms with E-state index < -0.39 is 5.41 Å². The highest BCUT2D eigenvalue weighted by atomic mass is 16.1. The van der Waals surface area contributed by atoms with Crippen LogP contribution in [0.15, 0.2) is 30.3 Å². The Balaban J connectivity index is -0.000000535. The molecule has 0 amide bonds. The van der Waals surface area contributed by atoms with Gasteiger partial charge in [-0.2, -0.15) is 5.26 Å². The van der Waals surface area contributed by atoms with Crippen LogP contribution in [0.3, 0.4) is 0 Å². The average Bonchev–Trinajstić information content (AvgIpc) is 2.59. The van der Waals surface area contributed by atoms with Gasteiger partial charge in [0.25, 0.3) is 0 Å². The summed E-state index contributed by atoms with van der Waals surface area (Å²) in [5.74, 6) is 0.0807. The lowest BCUT2D eigenvalue weighted by Gasteiger charge is -2.19. The summed E-state index contributed by atoms with van der Waals surface area (Å²) >= 11 is 0. The average molecular weight is 306 g/mol. The first kappa shape index (κ1) is 25.3. The molecule has 0 aliphatic heterocycles. The molecule has 2 heteroatoms. The van der Waals surface area contributed by atoms with Crippen LogP contribution >= 0.6 is 0 Å². The van der Waals surface area contributed by atoms with Crippen LogP contribution in [0.25, 0.3) is 0 Å². The van der Waals surface area contributed by atoms with E-state index in [1.54, 1.807) is 0 Å². The van der Waals surface area contributed by atoms with Crippen molar-refractivity contribution in [3.05, 3.63) is 35.9 Å². The smallest absolute Gasteiger partial charge is 0.131 e. The highest BCUT2D eigenvalue weighted by Crippen LogP contribution is 2.27. The molecule has 0 bridgehead atoms. The van der Waals surface area contributed by atoms with Gasteiger partial charge in [0.15, 0.2) is 0 Å². The minimum atomic E-state index is -0.526. The van der Waals surface area contributed by atoms with Gasteiger partial charge in [0, 0.05) is 6.42 Å². The van der Waals surface area contributed by atoms with Crippen LogP contribution in [0.5, 0.6) is 0 Å². The van der Waals surface area contributed by atoms with E-state index in [4.69, 9.17) is 5.26 Å². The predicted octanol–water partition coefficient (Wildman–Crippen LogP) is 6.21. The number of Topliss-reactive ketones (excluding diaryl/α,β-unsaturated/α-hetero) is 1. The zero-order chi connectivity index (χ0) is 18.0. The van der Waals surface area contributed by atoms with Gasteiger partial charge in [0.2, 0.25) is 0 Å². The maximum absolute atomic E-state index is 11.1. The van der Waals surface area contributed by atoms with E-state index in [1.165, 1.54) is 12.5 Å². The van der Waals surface area contributed by atoms with Gasteiger partial charge in [-0.3, -0.25) is 4.79 Å². The Hall–Kier alpha value is -1.62. The number of nitrogens with zero attached hydrogens (tertiary/aromatic N) is 1. The van der Waals surface area contributed by atoms with Gasteiger partial charge >= 0.3 is 0 Å². The Morgan fingerprint density at radius 3 is 1.86 bits per heavy atom. The van der Waals surface area contributed by atoms with Crippen molar-refractivity contribution >= 4 is 5.78 Å². The molecule has 0 N–H and O–H groups in total. The summed E-state index contributed by atoms with van der Waals surface area (Å²) in [6.45, 7) is 15.4. The third-order valence-electron chi connectivity index (χ3n) is 2.72. The summed E-state index contributed by atoms with van der Waals surface area (Å²) in [5.41, 5.74) is 0.689. The van der Waals surface area contributed by atoms with Crippen molar-refractivity contribution in [1.82, 2.24) is 0 Å². The third-order valence-corrected chi connectivity index (χ3v) is 2.72. The largest absolute Gasteiger partial charge is 0.300 e. The highest BCUT2D eigenvalue weighted by Gasteiger charge is 2.25. The molecule has 1 aromatic carbocycles. The molecule has 2 nitrogen and oxygen atoms in total. The Morgan fingerprint density at radius 1 is 1.05 bits per heavy atom. The minimum absolute atomic E-state index is 0.0807. The molecule has 126 valence electrons. The lowest BCUT2D eigenvalue weighted by molar-refractivity contribution is -0.118. The molecule has 0 fully saturated rings. The molecule has 1 aromatic rings. The number of ketones is 1. The van der Waals surface area contributed by atoms with Crippen LogP contribution < -0.4 is 0 Å². The molecular formula is C20H35NO. The highest BCUT2D eigenvalue weighted by molar-refractivity contribution is 5.76. The molecule has 0 aromatic heterocycles. The van der Waals surface area contributed by atoms with E-state index in [2.05, 4.69) is 6.07 Å². The monoisotopic (exact) mass is 305 g/mol. The van der Waals surface area contributed by atoms with Crippen LogP contribution in [0.2, 0.25) is 0 Å². The first-order valence-corrected chi connectivity index (χ1v) is 8.50. The molecule has 1 atom stereocenters. The van der Waals surface area contributed by atoms with E-state index in [-0.39, 0.29) is 5.78 Å². The van der Waals surface area contributed by atoms with Crippen LogP contribution in [-0.2, 0) is 11.2 Å². The second kappa shape index (κ2) is 17.4. The van der Waals surface area contributed by atoms with Crippen LogP contribution in [0.1, 0.15) is 73.8 Å². The van der Waals surface area contributed by atoms with E-state index in [1.807, 2.05) is 78.8 Å². The number of carbonyl (C=O) groups is 1. The fourth-order valence-corrected chi connectivity index (χ4v) is 1.80. The third kappa shape index (κ3) is 13.4. The van der Waals surface area contributed by atoms with Gasteiger partial charge in [0.05, 0.1) is 11.5 Å². The Morgan fingerprint density at radius 2 is 1.50 bits per heavy atom. The number of nitriles is 1. The van der Waals surface area contributed by atoms with Crippen molar-refractivity contribution in [2.75, 3.05) is 0 Å². The second-order valence-electron chi connectivity index (χ2n) is 4.54. The van der Waals surface area contributed by atoms with E-state index in [0.29, 0.717) is 6.42 Å². The first-order valence-electron chi connectivity index (χ1n) is 8.50. The van der Waals surface area contributed by atoms with E-state index in [9.17, 15) is 4.79 Å². The maximum Gasteiger partial charge on any atom is 0.131 e. The van der Waals surface area contributed by atoms with Crippen molar-refractivity contribution in [2.24, 2.45) is 5.41 Å². The lowest BCUT2D eigenvalue weighted by atomic mass is 9.81. The van der Waals surface area contributed by atoms with Gasteiger partial charge in [0.1, 0.15) is 5.78 Å². The van der Waals surface area contributed by atoms with Gasteiger partial charge in [-0.05, 0) is 32.3 Å². The molecule has 1 unspecified atom stereocenters. The SMILES string of the molecule is CC.CC.CC.CC(=O)CC(C)(C#N)CCc1ccccc1. The molecule has 0 saturated carbocycles. The normalized spacial score (nSPS) is 10.9. The number of benzene rings is 1. The standard InChI is InChI=1S/C14H17NO.3C2H6/c1-12(16)10-14(2,11-15)9-8-13-6-4-3-5-7-13;3*1-2/h3-7H,8-10H2,1-2H3;3*1-2H3. The van der Waals surface area contributed by atoms with Crippen molar-refractivity contribution in [3.63, 3.8) is 0 Å². The Kier molecular flexibility index (Phi) is 20.1. The molecular weight excluding hydrogens is 270 g/mol. The predicted molar refractivity (Wildman–Crippen MR) is 97.8 cm³/mol. The quantitative estimate of drug-likeness (QED) is 0.649. The molecule has 0 aliphatic rings. The minimum Gasteiger partial charge on any atom is -0.300 e. The van der Waals surface area contributed by atoms with Crippen molar-refractivity contribution < 1.29 is 4.79 Å². The molecule has 0 radical (unpaired) electrons. The lowest BCUT2D eigenvalue weighted by Crippen LogP contribution is -2.18. The summed E-state index contributed by atoms with van der Waals surface area (Å²) in [6, 6.07) is 12.3. The number of aryl methyl sites for hydroxylation is 1. The van der Waals surface area contributed by atoms with Crippen LogP contribution in [0.4, 0.5) is 0 Å². The zero-order valence-corrected chi connectivity index (χ0v) is 15.9. The van der Waals surface area contributed by atoms with Gasteiger partial charge in [-0.25, -0.2) is 0 Å². The second-order valence-corrected chi connectivity index (χ2v) is 4.54. The van der Waals surface area contributed by atoms with Crippen LogP contribution in [0, 0.1) is 16.7 Å². The topological polar surface area (TPSA) is 40.9 Å². The van der Waals surface area contributed by atoms with Crippen molar-refractivity contribution in [2.45, 2.75) is 74.7 Å². The van der Waals surface area contributed by atoms with Crippen molar-refractivity contribution in [1.29, 1.82) is 5.26 Å². The zero-order valence-electron chi connectivity index (χ0n) is 15.9. The van der Waals surface area contributed by atoms with Crippen LogP contribution in [-0.4, -0.2) is 5.78 Å². The molecule has 1 rings (SSSR count). The van der Waals surface area contributed by atoms with Gasteiger partial charge in [-0.1, -0.05) is 71.9 Å². The summed E-state index contributed by atoms with van der Waals surface area (Å²) < 4.78 is 0. The number of hydrogen-bond acceptors (Lipinski definition) is 2. The molecule has 0 spiro atoms. The van der Waals surface area contributed by atoms with E-state index >= 15 is 0 Å².